The maximum atomic E-state index is 13.6. The van der Waals surface area contributed by atoms with Crippen molar-refractivity contribution >= 4 is 50.1 Å². The van der Waals surface area contributed by atoms with Gasteiger partial charge in [-0.2, -0.15) is 0 Å². The Kier molecular flexibility index (Phi) is 6.62. The van der Waals surface area contributed by atoms with Crippen LogP contribution in [0.3, 0.4) is 0 Å². The van der Waals surface area contributed by atoms with Crippen molar-refractivity contribution in [1.82, 2.24) is 9.88 Å². The molecule has 0 radical (unpaired) electrons. The normalized spacial score (nSPS) is 14.0. The highest BCUT2D eigenvalue weighted by Gasteiger charge is 2.31. The van der Waals surface area contributed by atoms with Gasteiger partial charge in [0.15, 0.2) is 5.13 Å². The number of likely N-dealkylation sites (N-methyl/N-ethyl adjacent to an activating group) is 1. The first-order valence-corrected chi connectivity index (χ1v) is 11.7. The molecule has 0 atom stereocenters. The van der Waals surface area contributed by atoms with Crippen molar-refractivity contribution in [2.24, 2.45) is 0 Å². The topological polar surface area (TPSA) is 73.8 Å². The van der Waals surface area contributed by atoms with Crippen LogP contribution < -0.4 is 9.80 Å². The van der Waals surface area contributed by atoms with Crippen LogP contribution in [0, 0.1) is 0 Å². The van der Waals surface area contributed by atoms with Gasteiger partial charge in [-0.1, -0.05) is 43.4 Å². The van der Waals surface area contributed by atoms with Crippen LogP contribution in [0.2, 0.25) is 0 Å². The van der Waals surface area contributed by atoms with Crippen LogP contribution in [0.1, 0.15) is 37.0 Å². The van der Waals surface area contributed by atoms with Gasteiger partial charge in [-0.25, -0.2) is 4.98 Å². The Morgan fingerprint density at radius 1 is 1.00 bits per heavy atom. The van der Waals surface area contributed by atoms with E-state index in [9.17, 15) is 14.4 Å². The molecule has 1 saturated heterocycles. The van der Waals surface area contributed by atoms with E-state index < -0.39 is 0 Å². The molecule has 0 N–H and O–H groups in total. The molecule has 1 aliphatic heterocycles. The number of benzene rings is 2. The molecule has 2 heterocycles. The lowest BCUT2D eigenvalue weighted by molar-refractivity contribution is -0.121. The molecule has 7 nitrogen and oxygen atoms in total. The molecule has 1 aromatic heterocycles. The molecule has 4 rings (SSSR count). The zero-order valence-corrected chi connectivity index (χ0v) is 19.1. The molecule has 1 aliphatic rings. The maximum Gasteiger partial charge on any atom is 0.260 e. The highest BCUT2D eigenvalue weighted by atomic mass is 32.1. The summed E-state index contributed by atoms with van der Waals surface area (Å²) in [5.74, 6) is -0.662. The summed E-state index contributed by atoms with van der Waals surface area (Å²) in [4.78, 5) is 47.8. The van der Waals surface area contributed by atoms with E-state index in [-0.39, 0.29) is 30.6 Å². The number of anilines is 2. The number of carbonyl (C=O) groups excluding carboxylic acids is 3. The van der Waals surface area contributed by atoms with Gasteiger partial charge in [0, 0.05) is 31.5 Å². The monoisotopic (exact) mass is 450 g/mol. The number of hydrogen-bond acceptors (Lipinski definition) is 6. The van der Waals surface area contributed by atoms with Crippen molar-refractivity contribution in [3.8, 4) is 0 Å². The van der Waals surface area contributed by atoms with E-state index in [1.54, 1.807) is 29.2 Å². The minimum Gasteiger partial charge on any atom is -0.302 e. The van der Waals surface area contributed by atoms with Gasteiger partial charge in [0.1, 0.15) is 0 Å². The van der Waals surface area contributed by atoms with Crippen molar-refractivity contribution in [1.29, 1.82) is 0 Å². The summed E-state index contributed by atoms with van der Waals surface area (Å²) in [6, 6.07) is 14.6. The second-order valence-corrected chi connectivity index (χ2v) is 8.63. The molecule has 2 aromatic carbocycles. The molecule has 32 heavy (non-hydrogen) atoms. The third kappa shape index (κ3) is 4.42. The predicted octanol–water partition coefficient (Wildman–Crippen LogP) is 3.94. The molecule has 0 aliphatic carbocycles. The first kappa shape index (κ1) is 22.1. The second kappa shape index (κ2) is 9.58. The van der Waals surface area contributed by atoms with E-state index in [1.807, 2.05) is 24.3 Å². The summed E-state index contributed by atoms with van der Waals surface area (Å²) in [6.07, 6.45) is 0.414. The van der Waals surface area contributed by atoms with Gasteiger partial charge in [-0.3, -0.25) is 24.2 Å². The lowest BCUT2D eigenvalue weighted by Gasteiger charge is -2.25. The Morgan fingerprint density at radius 3 is 2.41 bits per heavy atom. The van der Waals surface area contributed by atoms with E-state index in [1.165, 1.54) is 16.2 Å². The minimum atomic E-state index is -0.232. The Labute approximate surface area is 191 Å². The molecule has 1 fully saturated rings. The third-order valence-corrected chi connectivity index (χ3v) is 6.76. The summed E-state index contributed by atoms with van der Waals surface area (Å²) < 4.78 is 1.02. The standard InChI is InChI=1S/C24H26N4O3S/c1-3-26(4-2)14-15-27(24-25-19-10-5-6-11-20(19)32-24)23(31)17-8-7-9-18(16-17)28-21(29)12-13-22(28)30/h5-11,16H,3-4,12-15H2,1-2H3. The SMILES string of the molecule is CCN(CC)CCN(C(=O)c1cccc(N2C(=O)CCC2=O)c1)c1nc2ccccc2s1. The Morgan fingerprint density at radius 2 is 1.72 bits per heavy atom. The van der Waals surface area contributed by atoms with E-state index >= 15 is 0 Å². The highest BCUT2D eigenvalue weighted by molar-refractivity contribution is 7.22. The first-order chi connectivity index (χ1) is 15.5. The summed E-state index contributed by atoms with van der Waals surface area (Å²) in [6.45, 7) is 7.20. The van der Waals surface area contributed by atoms with Crippen LogP contribution in [0.4, 0.5) is 10.8 Å². The molecular weight excluding hydrogens is 424 g/mol. The van der Waals surface area contributed by atoms with Crippen LogP contribution in [-0.2, 0) is 9.59 Å². The molecule has 3 aromatic rings. The smallest absolute Gasteiger partial charge is 0.260 e. The van der Waals surface area contributed by atoms with E-state index in [2.05, 4.69) is 18.7 Å². The third-order valence-electron chi connectivity index (χ3n) is 5.70. The van der Waals surface area contributed by atoms with Gasteiger partial charge < -0.3 is 4.90 Å². The minimum absolute atomic E-state index is 0.197. The average Bonchev–Trinajstić information content (AvgIpc) is 3.39. The van der Waals surface area contributed by atoms with Crippen LogP contribution in [0.15, 0.2) is 48.5 Å². The fourth-order valence-corrected chi connectivity index (χ4v) is 4.83. The number of carbonyl (C=O) groups is 3. The molecule has 0 saturated carbocycles. The number of rotatable bonds is 8. The fraction of sp³-hybridized carbons (Fsp3) is 0.333. The summed E-state index contributed by atoms with van der Waals surface area (Å²) >= 11 is 1.48. The zero-order valence-electron chi connectivity index (χ0n) is 18.3. The Hall–Kier alpha value is -3.10. The van der Waals surface area contributed by atoms with Crippen molar-refractivity contribution in [2.45, 2.75) is 26.7 Å². The molecule has 0 spiro atoms. The van der Waals surface area contributed by atoms with Crippen LogP contribution in [-0.4, -0.2) is 53.8 Å². The van der Waals surface area contributed by atoms with Gasteiger partial charge in [0.2, 0.25) is 11.8 Å². The van der Waals surface area contributed by atoms with Crippen molar-refractivity contribution in [3.63, 3.8) is 0 Å². The largest absolute Gasteiger partial charge is 0.302 e. The lowest BCUT2D eigenvalue weighted by Crippen LogP contribution is -2.39. The number of aromatic nitrogens is 1. The summed E-state index contributed by atoms with van der Waals surface area (Å²) in [7, 11) is 0. The number of para-hydroxylation sites is 1. The predicted molar refractivity (Wildman–Crippen MR) is 127 cm³/mol. The molecule has 0 unspecified atom stereocenters. The molecule has 166 valence electrons. The zero-order chi connectivity index (χ0) is 22.7. The number of thiazole rings is 1. The van der Waals surface area contributed by atoms with Gasteiger partial charge in [-0.05, 0) is 43.4 Å². The average molecular weight is 451 g/mol. The highest BCUT2D eigenvalue weighted by Crippen LogP contribution is 2.30. The number of hydrogen-bond donors (Lipinski definition) is 0. The van der Waals surface area contributed by atoms with Crippen molar-refractivity contribution < 1.29 is 14.4 Å². The summed E-state index contributed by atoms with van der Waals surface area (Å²) in [5.41, 5.74) is 1.72. The second-order valence-electron chi connectivity index (χ2n) is 7.62. The molecule has 3 amide bonds. The molecule has 0 bridgehead atoms. The summed E-state index contributed by atoms with van der Waals surface area (Å²) in [5, 5.41) is 0.641. The van der Waals surface area contributed by atoms with Crippen LogP contribution >= 0.6 is 11.3 Å². The van der Waals surface area contributed by atoms with Gasteiger partial charge in [-0.15, -0.1) is 0 Å². The number of imide groups is 1. The van der Waals surface area contributed by atoms with Crippen molar-refractivity contribution in [2.75, 3.05) is 36.0 Å². The van der Waals surface area contributed by atoms with Crippen LogP contribution in [0.5, 0.6) is 0 Å². The Bertz CT molecular complexity index is 1110. The maximum absolute atomic E-state index is 13.6. The molecular formula is C24H26N4O3S. The van der Waals surface area contributed by atoms with E-state index in [0.717, 1.165) is 29.9 Å². The van der Waals surface area contributed by atoms with E-state index in [0.29, 0.717) is 22.9 Å². The first-order valence-electron chi connectivity index (χ1n) is 10.9. The fourth-order valence-electron chi connectivity index (χ4n) is 3.84. The van der Waals surface area contributed by atoms with Crippen molar-refractivity contribution in [3.05, 3.63) is 54.1 Å². The van der Waals surface area contributed by atoms with Gasteiger partial charge >= 0.3 is 0 Å². The van der Waals surface area contributed by atoms with Gasteiger partial charge in [0.05, 0.1) is 15.9 Å². The van der Waals surface area contributed by atoms with Crippen LogP contribution in [0.25, 0.3) is 10.2 Å². The Balaban J connectivity index is 1.67. The quantitative estimate of drug-likeness (QED) is 0.486. The molecule has 8 heteroatoms. The number of fused-ring (bicyclic) bond motifs is 1. The van der Waals surface area contributed by atoms with Gasteiger partial charge in [0.25, 0.3) is 5.91 Å². The number of amides is 3. The lowest BCUT2D eigenvalue weighted by atomic mass is 10.1. The van der Waals surface area contributed by atoms with E-state index in [4.69, 9.17) is 4.98 Å². The number of nitrogens with zero attached hydrogens (tertiary/aromatic N) is 4.